The minimum atomic E-state index is -0.0844. The van der Waals surface area contributed by atoms with Gasteiger partial charge in [-0.05, 0) is 12.0 Å². The van der Waals surface area contributed by atoms with Crippen LogP contribution in [0.15, 0.2) is 23.1 Å². The number of carbonyl (C=O) groups is 1. The monoisotopic (exact) mass is 235 g/mol. The molecule has 2 heterocycles. The topological polar surface area (TPSA) is 68.3 Å². The molecule has 1 amide bonds. The van der Waals surface area contributed by atoms with Gasteiger partial charge in [0.1, 0.15) is 0 Å². The van der Waals surface area contributed by atoms with Crippen LogP contribution in [0.5, 0.6) is 0 Å². The number of nitrogens with zero attached hydrogens (tertiary/aromatic N) is 2. The van der Waals surface area contributed by atoms with Crippen molar-refractivity contribution in [2.75, 3.05) is 18.8 Å². The number of hydrogen-bond donors (Lipinski definition) is 1. The molecule has 0 aliphatic carbocycles. The van der Waals surface area contributed by atoms with E-state index in [-0.39, 0.29) is 11.5 Å². The summed E-state index contributed by atoms with van der Waals surface area (Å²) in [5.74, 6) is 0.592. The van der Waals surface area contributed by atoms with Crippen molar-refractivity contribution in [3.8, 4) is 0 Å². The normalized spacial score (nSPS) is 19.9. The summed E-state index contributed by atoms with van der Waals surface area (Å²) in [6.07, 6.45) is 2.23. The lowest BCUT2D eigenvalue weighted by molar-refractivity contribution is -0.127. The summed E-state index contributed by atoms with van der Waals surface area (Å²) in [6, 6.07) is 3.03. The molecular weight excluding hydrogens is 218 g/mol. The molecule has 5 heteroatoms. The highest BCUT2D eigenvalue weighted by molar-refractivity contribution is 5.78. The van der Waals surface area contributed by atoms with Crippen LogP contribution >= 0.6 is 0 Å². The fourth-order valence-electron chi connectivity index (χ4n) is 2.14. The van der Waals surface area contributed by atoms with Crippen LogP contribution in [-0.4, -0.2) is 28.5 Å². The van der Waals surface area contributed by atoms with E-state index in [1.807, 2.05) is 0 Å². The second-order valence-corrected chi connectivity index (χ2v) is 4.64. The van der Waals surface area contributed by atoms with Crippen molar-refractivity contribution in [2.24, 2.45) is 5.92 Å². The van der Waals surface area contributed by atoms with Crippen LogP contribution in [0.2, 0.25) is 0 Å². The Morgan fingerprint density at radius 2 is 2.12 bits per heavy atom. The summed E-state index contributed by atoms with van der Waals surface area (Å²) in [7, 11) is 0. The Labute approximate surface area is 99.8 Å². The van der Waals surface area contributed by atoms with Crippen LogP contribution in [0.25, 0.3) is 0 Å². The molecule has 2 N–H and O–H groups in total. The van der Waals surface area contributed by atoms with Crippen molar-refractivity contribution in [3.63, 3.8) is 0 Å². The average molecular weight is 235 g/mol. The number of nitrogens with two attached hydrogens (primary N) is 1. The zero-order valence-electron chi connectivity index (χ0n) is 9.93. The molecule has 0 bridgehead atoms. The molecule has 92 valence electrons. The second-order valence-electron chi connectivity index (χ2n) is 4.64. The van der Waals surface area contributed by atoms with E-state index >= 15 is 0 Å². The zero-order chi connectivity index (χ0) is 12.4. The Hall–Kier alpha value is -1.78. The third-order valence-corrected chi connectivity index (χ3v) is 3.03. The lowest BCUT2D eigenvalue weighted by atomic mass is 10.2. The van der Waals surface area contributed by atoms with Gasteiger partial charge in [0, 0.05) is 44.0 Å². The van der Waals surface area contributed by atoms with Crippen LogP contribution in [0, 0.1) is 5.92 Å². The molecule has 1 aliphatic rings. The van der Waals surface area contributed by atoms with Gasteiger partial charge in [0.25, 0.3) is 5.56 Å². The van der Waals surface area contributed by atoms with Gasteiger partial charge in [0.05, 0.1) is 0 Å². The second kappa shape index (κ2) is 4.61. The molecule has 0 aromatic carbocycles. The van der Waals surface area contributed by atoms with E-state index in [0.717, 1.165) is 6.54 Å². The summed E-state index contributed by atoms with van der Waals surface area (Å²) in [4.78, 5) is 24.9. The number of hydrogen-bond acceptors (Lipinski definition) is 3. The van der Waals surface area contributed by atoms with Crippen LogP contribution < -0.4 is 11.3 Å². The van der Waals surface area contributed by atoms with Gasteiger partial charge in [0.15, 0.2) is 0 Å². The molecule has 0 saturated carbocycles. The minimum Gasteiger partial charge on any atom is -0.398 e. The number of rotatable bonds is 3. The highest BCUT2D eigenvalue weighted by atomic mass is 16.2. The molecular formula is C12H17N3O2. The van der Waals surface area contributed by atoms with Crippen molar-refractivity contribution >= 4 is 11.6 Å². The molecule has 1 aliphatic heterocycles. The van der Waals surface area contributed by atoms with E-state index < -0.39 is 0 Å². The first kappa shape index (κ1) is 11.7. The average Bonchev–Trinajstić information content (AvgIpc) is 2.59. The number of anilines is 1. The molecule has 1 aromatic rings. The Morgan fingerprint density at radius 1 is 1.35 bits per heavy atom. The van der Waals surface area contributed by atoms with Gasteiger partial charge < -0.3 is 15.2 Å². The number of nitrogen functional groups attached to an aromatic ring is 1. The Bertz CT molecular complexity index is 481. The highest BCUT2D eigenvalue weighted by Crippen LogP contribution is 2.16. The summed E-state index contributed by atoms with van der Waals surface area (Å²) in [6.45, 7) is 3.93. The van der Waals surface area contributed by atoms with Crippen LogP contribution in [0.3, 0.4) is 0 Å². The van der Waals surface area contributed by atoms with Crippen LogP contribution in [0.4, 0.5) is 5.69 Å². The minimum absolute atomic E-state index is 0.0844. The van der Waals surface area contributed by atoms with Gasteiger partial charge in [-0.25, -0.2) is 0 Å². The number of amides is 1. The standard InChI is InChI=1S/C12H17N3O2/c1-9-6-12(17)14(7-9)4-5-15-8-10(13)2-3-11(15)16/h2-3,8-9H,4-7,13H2,1H3. The lowest BCUT2D eigenvalue weighted by Crippen LogP contribution is -2.31. The molecule has 17 heavy (non-hydrogen) atoms. The zero-order valence-corrected chi connectivity index (χ0v) is 9.93. The van der Waals surface area contributed by atoms with E-state index in [1.165, 1.54) is 6.07 Å². The SMILES string of the molecule is CC1CC(=O)N(CCn2cc(N)ccc2=O)C1. The van der Waals surface area contributed by atoms with Crippen molar-refractivity contribution in [1.29, 1.82) is 0 Å². The molecule has 0 spiro atoms. The molecule has 1 saturated heterocycles. The molecule has 1 atom stereocenters. The number of pyridine rings is 1. The number of aromatic nitrogens is 1. The summed E-state index contributed by atoms with van der Waals surface area (Å²) in [5, 5.41) is 0. The fraction of sp³-hybridized carbons (Fsp3) is 0.500. The van der Waals surface area contributed by atoms with Crippen molar-refractivity contribution in [3.05, 3.63) is 28.7 Å². The number of likely N-dealkylation sites (tertiary alicyclic amines) is 1. The summed E-state index contributed by atoms with van der Waals surface area (Å²) >= 11 is 0. The van der Waals surface area contributed by atoms with Gasteiger partial charge in [-0.1, -0.05) is 6.92 Å². The first-order chi connectivity index (χ1) is 8.06. The van der Waals surface area contributed by atoms with Gasteiger partial charge >= 0.3 is 0 Å². The van der Waals surface area contributed by atoms with Crippen LogP contribution in [-0.2, 0) is 11.3 Å². The van der Waals surface area contributed by atoms with Gasteiger partial charge in [0.2, 0.25) is 5.91 Å². The van der Waals surface area contributed by atoms with Gasteiger partial charge in [-0.15, -0.1) is 0 Å². The first-order valence-electron chi connectivity index (χ1n) is 5.80. The van der Waals surface area contributed by atoms with E-state index in [4.69, 9.17) is 5.73 Å². The predicted molar refractivity (Wildman–Crippen MR) is 65.5 cm³/mol. The maximum absolute atomic E-state index is 11.6. The lowest BCUT2D eigenvalue weighted by Gasteiger charge is -2.16. The maximum Gasteiger partial charge on any atom is 0.250 e. The third-order valence-electron chi connectivity index (χ3n) is 3.03. The Balaban J connectivity index is 2.00. The van der Waals surface area contributed by atoms with E-state index in [1.54, 1.807) is 21.7 Å². The van der Waals surface area contributed by atoms with Crippen LogP contribution in [0.1, 0.15) is 13.3 Å². The molecule has 1 aromatic heterocycles. The van der Waals surface area contributed by atoms with E-state index in [0.29, 0.717) is 31.1 Å². The number of carbonyl (C=O) groups excluding carboxylic acids is 1. The summed E-state index contributed by atoms with van der Waals surface area (Å²) < 4.78 is 1.55. The molecule has 1 fully saturated rings. The Kier molecular flexibility index (Phi) is 3.17. The third kappa shape index (κ3) is 2.67. The predicted octanol–water partition coefficient (Wildman–Crippen LogP) is 0.299. The van der Waals surface area contributed by atoms with Crippen molar-refractivity contribution in [1.82, 2.24) is 9.47 Å². The molecule has 1 unspecified atom stereocenters. The largest absolute Gasteiger partial charge is 0.398 e. The maximum atomic E-state index is 11.6. The fourth-order valence-corrected chi connectivity index (χ4v) is 2.14. The van der Waals surface area contributed by atoms with E-state index in [2.05, 4.69) is 6.92 Å². The van der Waals surface area contributed by atoms with Gasteiger partial charge in [-0.3, -0.25) is 9.59 Å². The van der Waals surface area contributed by atoms with Crippen molar-refractivity contribution < 1.29 is 4.79 Å². The quantitative estimate of drug-likeness (QED) is 0.819. The first-order valence-corrected chi connectivity index (χ1v) is 5.80. The van der Waals surface area contributed by atoms with Gasteiger partial charge in [-0.2, -0.15) is 0 Å². The molecule has 2 rings (SSSR count). The summed E-state index contributed by atoms with van der Waals surface area (Å²) in [5.41, 5.74) is 6.10. The van der Waals surface area contributed by atoms with Crippen molar-refractivity contribution in [2.45, 2.75) is 19.9 Å². The molecule has 0 radical (unpaired) electrons. The smallest absolute Gasteiger partial charge is 0.250 e. The Morgan fingerprint density at radius 3 is 2.76 bits per heavy atom. The highest BCUT2D eigenvalue weighted by Gasteiger charge is 2.25. The molecule has 5 nitrogen and oxygen atoms in total. The van der Waals surface area contributed by atoms with E-state index in [9.17, 15) is 9.59 Å².